The molecule has 1 aromatic carbocycles. The Kier molecular flexibility index (Phi) is 5.03. The fraction of sp³-hybridized carbons (Fsp3) is 0.467. The molecule has 5 nitrogen and oxygen atoms in total. The minimum Gasteiger partial charge on any atom is -0.480 e. The van der Waals surface area contributed by atoms with E-state index in [0.29, 0.717) is 0 Å². The lowest BCUT2D eigenvalue weighted by Gasteiger charge is -2.33. The van der Waals surface area contributed by atoms with Gasteiger partial charge in [0.2, 0.25) is 5.91 Å². The van der Waals surface area contributed by atoms with Crippen molar-refractivity contribution < 1.29 is 23.8 Å². The van der Waals surface area contributed by atoms with Gasteiger partial charge in [-0.3, -0.25) is 9.59 Å². The number of hydrogen-bond acceptors (Lipinski definition) is 3. The van der Waals surface area contributed by atoms with Crippen LogP contribution < -0.4 is 5.32 Å². The second-order valence-electron chi connectivity index (χ2n) is 5.33. The summed E-state index contributed by atoms with van der Waals surface area (Å²) in [5.41, 5.74) is -1.39. The number of amides is 1. The number of carboxylic acids is 1. The molecule has 120 valence electrons. The molecule has 0 aliphatic carbocycles. The third-order valence-corrected chi connectivity index (χ3v) is 4.30. The lowest BCUT2D eigenvalue weighted by Crippen LogP contribution is -2.50. The van der Waals surface area contributed by atoms with Crippen molar-refractivity contribution in [2.45, 2.75) is 25.8 Å². The molecule has 0 aromatic heterocycles. The second kappa shape index (κ2) is 6.62. The van der Waals surface area contributed by atoms with Crippen molar-refractivity contribution >= 4 is 23.5 Å². The van der Waals surface area contributed by atoms with Crippen LogP contribution in [0.2, 0.25) is 5.02 Å². The fourth-order valence-electron chi connectivity index (χ4n) is 2.59. The molecule has 1 aliphatic heterocycles. The summed E-state index contributed by atoms with van der Waals surface area (Å²) in [6, 6.07) is 3.49. The molecule has 1 aliphatic rings. The molecule has 1 unspecified atom stereocenters. The Morgan fingerprint density at radius 2 is 2.05 bits per heavy atom. The van der Waals surface area contributed by atoms with Gasteiger partial charge in [0.1, 0.15) is 5.82 Å². The van der Waals surface area contributed by atoms with E-state index >= 15 is 0 Å². The number of benzene rings is 1. The molecule has 2 rings (SSSR count). The van der Waals surface area contributed by atoms with Crippen LogP contribution in [-0.2, 0) is 14.3 Å². The highest BCUT2D eigenvalue weighted by molar-refractivity contribution is 6.31. The van der Waals surface area contributed by atoms with Crippen LogP contribution in [-0.4, -0.2) is 30.2 Å². The zero-order chi connectivity index (χ0) is 16.3. The summed E-state index contributed by atoms with van der Waals surface area (Å²) < 4.78 is 19.0. The predicted molar refractivity (Wildman–Crippen MR) is 78.1 cm³/mol. The number of carbonyl (C=O) groups excluding carboxylic acids is 1. The van der Waals surface area contributed by atoms with Gasteiger partial charge in [0.25, 0.3) is 0 Å². The van der Waals surface area contributed by atoms with Gasteiger partial charge in [-0.2, -0.15) is 0 Å². The number of carbonyl (C=O) groups is 2. The average Bonchev–Trinajstić information content (AvgIpc) is 2.47. The number of nitrogens with one attached hydrogen (secondary N) is 1. The summed E-state index contributed by atoms with van der Waals surface area (Å²) in [6.45, 7) is 1.97. The number of aliphatic carboxylic acids is 1. The molecule has 0 spiro atoms. The van der Waals surface area contributed by atoms with E-state index < -0.39 is 29.2 Å². The van der Waals surface area contributed by atoms with Crippen LogP contribution in [0, 0.1) is 11.2 Å². The highest BCUT2D eigenvalue weighted by atomic mass is 35.5. The Hall–Kier alpha value is -1.66. The van der Waals surface area contributed by atoms with Crippen molar-refractivity contribution in [3.63, 3.8) is 0 Å². The molecule has 0 radical (unpaired) electrons. The van der Waals surface area contributed by atoms with Gasteiger partial charge in [-0.15, -0.1) is 0 Å². The predicted octanol–water partition coefficient (Wildman–Crippen LogP) is 2.54. The Morgan fingerprint density at radius 3 is 2.59 bits per heavy atom. The molecule has 2 N–H and O–H groups in total. The molecular weight excluding hydrogens is 313 g/mol. The van der Waals surface area contributed by atoms with Gasteiger partial charge in [0.15, 0.2) is 5.41 Å². The molecule has 1 heterocycles. The normalized spacial score (nSPS) is 18.5. The summed E-state index contributed by atoms with van der Waals surface area (Å²) in [7, 11) is 0. The third-order valence-electron chi connectivity index (χ3n) is 3.97. The van der Waals surface area contributed by atoms with E-state index in [-0.39, 0.29) is 36.6 Å². The van der Waals surface area contributed by atoms with Crippen LogP contribution in [0.25, 0.3) is 0 Å². The number of hydrogen-bond donors (Lipinski definition) is 2. The zero-order valence-electron chi connectivity index (χ0n) is 12.1. The van der Waals surface area contributed by atoms with Crippen LogP contribution in [0.5, 0.6) is 0 Å². The molecule has 1 amide bonds. The third kappa shape index (κ3) is 3.08. The maximum atomic E-state index is 13.9. The smallest absolute Gasteiger partial charge is 0.319 e. The Balaban J connectivity index is 2.21. The quantitative estimate of drug-likeness (QED) is 0.832. The van der Waals surface area contributed by atoms with Crippen molar-refractivity contribution in [1.82, 2.24) is 5.32 Å². The summed E-state index contributed by atoms with van der Waals surface area (Å²) in [5.74, 6) is -2.38. The second-order valence-corrected chi connectivity index (χ2v) is 5.74. The lowest BCUT2D eigenvalue weighted by molar-refractivity contribution is -0.162. The standard InChI is InChI=1S/C15H17ClFNO4/c1-9(12-10(16)3-2-4-11(12)17)18-13(19)15(14(20)21)5-7-22-8-6-15/h2-4,9H,5-8H2,1H3,(H,18,19)(H,20,21). The molecule has 1 atom stereocenters. The molecule has 22 heavy (non-hydrogen) atoms. The fourth-order valence-corrected chi connectivity index (χ4v) is 2.92. The summed E-state index contributed by atoms with van der Waals surface area (Å²) in [6.07, 6.45) is 0.178. The van der Waals surface area contributed by atoms with E-state index in [1.54, 1.807) is 6.92 Å². The Morgan fingerprint density at radius 1 is 1.41 bits per heavy atom. The maximum absolute atomic E-state index is 13.9. The van der Waals surface area contributed by atoms with Crippen LogP contribution in [0.3, 0.4) is 0 Å². The minimum atomic E-state index is -1.54. The Bertz CT molecular complexity index is 567. The topological polar surface area (TPSA) is 75.6 Å². The molecule has 0 bridgehead atoms. The van der Waals surface area contributed by atoms with E-state index in [9.17, 15) is 19.1 Å². The maximum Gasteiger partial charge on any atom is 0.319 e. The summed E-state index contributed by atoms with van der Waals surface area (Å²) >= 11 is 5.96. The van der Waals surface area contributed by atoms with Crippen molar-refractivity contribution in [1.29, 1.82) is 0 Å². The molecule has 1 fully saturated rings. The molecule has 1 aromatic rings. The average molecular weight is 330 g/mol. The van der Waals surface area contributed by atoms with Gasteiger partial charge >= 0.3 is 5.97 Å². The first-order valence-electron chi connectivity index (χ1n) is 6.94. The van der Waals surface area contributed by atoms with Crippen LogP contribution >= 0.6 is 11.6 Å². The first-order valence-corrected chi connectivity index (χ1v) is 7.32. The van der Waals surface area contributed by atoms with Crippen LogP contribution in [0.1, 0.15) is 31.4 Å². The van der Waals surface area contributed by atoms with Crippen molar-refractivity contribution in [2.75, 3.05) is 13.2 Å². The van der Waals surface area contributed by atoms with Crippen molar-refractivity contribution in [3.8, 4) is 0 Å². The Labute approximate surface area is 132 Å². The van der Waals surface area contributed by atoms with Gasteiger partial charge in [-0.25, -0.2) is 4.39 Å². The van der Waals surface area contributed by atoms with E-state index in [0.717, 1.165) is 0 Å². The first-order chi connectivity index (χ1) is 10.4. The molecule has 7 heteroatoms. The number of rotatable bonds is 4. The lowest BCUT2D eigenvalue weighted by atomic mass is 9.79. The number of ether oxygens (including phenoxy) is 1. The number of carboxylic acid groups (broad SMARTS) is 1. The van der Waals surface area contributed by atoms with Gasteiger partial charge in [0.05, 0.1) is 6.04 Å². The summed E-state index contributed by atoms with van der Waals surface area (Å²) in [5, 5.41) is 12.2. The van der Waals surface area contributed by atoms with Gasteiger partial charge in [-0.1, -0.05) is 17.7 Å². The molecule has 0 saturated carbocycles. The van der Waals surface area contributed by atoms with Gasteiger partial charge < -0.3 is 15.2 Å². The summed E-state index contributed by atoms with van der Waals surface area (Å²) in [4.78, 5) is 24.0. The highest BCUT2D eigenvalue weighted by Crippen LogP contribution is 2.33. The SMILES string of the molecule is CC(NC(=O)C1(C(=O)O)CCOCC1)c1c(F)cccc1Cl. The monoisotopic (exact) mass is 329 g/mol. The van der Waals surface area contributed by atoms with Crippen LogP contribution in [0.15, 0.2) is 18.2 Å². The van der Waals surface area contributed by atoms with E-state index in [2.05, 4.69) is 5.32 Å². The van der Waals surface area contributed by atoms with Gasteiger partial charge in [-0.05, 0) is 31.9 Å². The van der Waals surface area contributed by atoms with Gasteiger partial charge in [0, 0.05) is 23.8 Å². The highest BCUT2D eigenvalue weighted by Gasteiger charge is 2.47. The van der Waals surface area contributed by atoms with Crippen molar-refractivity contribution in [3.05, 3.63) is 34.6 Å². The van der Waals surface area contributed by atoms with E-state index in [1.165, 1.54) is 18.2 Å². The van der Waals surface area contributed by atoms with E-state index in [4.69, 9.17) is 16.3 Å². The van der Waals surface area contributed by atoms with Crippen molar-refractivity contribution in [2.24, 2.45) is 5.41 Å². The minimum absolute atomic E-state index is 0.0892. The first kappa shape index (κ1) is 16.7. The van der Waals surface area contributed by atoms with E-state index in [1.807, 2.05) is 0 Å². The zero-order valence-corrected chi connectivity index (χ0v) is 12.8. The van der Waals surface area contributed by atoms with Crippen LogP contribution in [0.4, 0.5) is 4.39 Å². The largest absolute Gasteiger partial charge is 0.480 e. The molecule has 1 saturated heterocycles. The molecular formula is C15H17ClFNO4. The number of halogens is 2.